The van der Waals surface area contributed by atoms with Crippen LogP contribution in [0.2, 0.25) is 0 Å². The molecular formula is C13H20O4S. The van der Waals surface area contributed by atoms with Crippen LogP contribution in [0.5, 0.6) is 5.75 Å². The van der Waals surface area contributed by atoms with Gasteiger partial charge in [-0.15, -0.1) is 0 Å². The third-order valence-electron chi connectivity index (χ3n) is 2.90. The van der Waals surface area contributed by atoms with Gasteiger partial charge in [-0.3, -0.25) is 0 Å². The summed E-state index contributed by atoms with van der Waals surface area (Å²) in [5.74, 6) is -0.332. The first-order chi connectivity index (χ1) is 8.10. The summed E-state index contributed by atoms with van der Waals surface area (Å²) in [4.78, 5) is 0. The second kappa shape index (κ2) is 5.28. The van der Waals surface area contributed by atoms with Gasteiger partial charge in [0.05, 0.1) is 11.4 Å². The molecule has 0 aliphatic carbocycles. The molecule has 0 radical (unpaired) electrons. The van der Waals surface area contributed by atoms with E-state index in [-0.39, 0.29) is 5.75 Å². The molecule has 0 unspecified atom stereocenters. The number of benzene rings is 1. The summed E-state index contributed by atoms with van der Waals surface area (Å²) < 4.78 is 28.6. The molecule has 5 heteroatoms. The molecule has 1 aromatic carbocycles. The molecule has 18 heavy (non-hydrogen) atoms. The predicted molar refractivity (Wildman–Crippen MR) is 71.1 cm³/mol. The van der Waals surface area contributed by atoms with E-state index in [1.54, 1.807) is 45.0 Å². The van der Waals surface area contributed by atoms with Gasteiger partial charge < -0.3 is 9.29 Å². The average Bonchev–Trinajstić information content (AvgIpc) is 2.19. The van der Waals surface area contributed by atoms with E-state index in [0.29, 0.717) is 5.75 Å². The molecule has 1 rings (SSSR count). The van der Waals surface area contributed by atoms with Crippen molar-refractivity contribution >= 4 is 10.1 Å². The van der Waals surface area contributed by atoms with Crippen LogP contribution in [-0.2, 0) is 10.1 Å². The van der Waals surface area contributed by atoms with Gasteiger partial charge in [-0.2, -0.15) is 8.42 Å². The molecular weight excluding hydrogens is 252 g/mol. The van der Waals surface area contributed by atoms with Crippen molar-refractivity contribution in [2.45, 2.75) is 33.3 Å². The third kappa shape index (κ3) is 4.66. The Morgan fingerprint density at radius 2 is 1.78 bits per heavy atom. The minimum Gasteiger partial charge on any atom is -0.390 e. The zero-order valence-corrected chi connectivity index (χ0v) is 12.0. The molecule has 0 bridgehead atoms. The molecule has 0 saturated heterocycles. The van der Waals surface area contributed by atoms with Gasteiger partial charge in [0.15, 0.2) is 0 Å². The van der Waals surface area contributed by atoms with Crippen LogP contribution in [-0.4, -0.2) is 24.9 Å². The Balaban J connectivity index is 2.74. The van der Waals surface area contributed by atoms with Crippen LogP contribution in [0.4, 0.5) is 0 Å². The summed E-state index contributed by atoms with van der Waals surface area (Å²) in [6.45, 7) is 6.75. The molecule has 1 aromatic rings. The van der Waals surface area contributed by atoms with Crippen LogP contribution in [0, 0.1) is 12.8 Å². The molecule has 1 atom stereocenters. The highest BCUT2D eigenvalue weighted by atomic mass is 32.2. The Morgan fingerprint density at radius 3 is 2.22 bits per heavy atom. The van der Waals surface area contributed by atoms with E-state index in [9.17, 15) is 13.5 Å². The highest BCUT2D eigenvalue weighted by Crippen LogP contribution is 2.20. The van der Waals surface area contributed by atoms with E-state index in [2.05, 4.69) is 0 Å². The fraction of sp³-hybridized carbons (Fsp3) is 0.538. The molecule has 0 heterocycles. The van der Waals surface area contributed by atoms with Gasteiger partial charge in [0.2, 0.25) is 0 Å². The van der Waals surface area contributed by atoms with E-state index >= 15 is 0 Å². The number of aryl methyl sites for hydroxylation is 1. The maximum atomic E-state index is 11.8. The van der Waals surface area contributed by atoms with Crippen LogP contribution in [0.3, 0.4) is 0 Å². The summed E-state index contributed by atoms with van der Waals surface area (Å²) in [5, 5.41) is 9.73. The van der Waals surface area contributed by atoms with Gasteiger partial charge >= 0.3 is 10.1 Å². The van der Waals surface area contributed by atoms with Gasteiger partial charge in [0, 0.05) is 5.92 Å². The lowest BCUT2D eigenvalue weighted by atomic mass is 9.95. The summed E-state index contributed by atoms with van der Waals surface area (Å²) in [6, 6.07) is 6.79. The van der Waals surface area contributed by atoms with Gasteiger partial charge in [0.25, 0.3) is 0 Å². The average molecular weight is 272 g/mol. The minimum absolute atomic E-state index is 0.218. The first kappa shape index (κ1) is 15.0. The quantitative estimate of drug-likeness (QED) is 0.834. The third-order valence-corrected chi connectivity index (χ3v) is 4.26. The number of hydrogen-bond acceptors (Lipinski definition) is 4. The largest absolute Gasteiger partial charge is 0.390 e. The highest BCUT2D eigenvalue weighted by molar-refractivity contribution is 7.87. The molecule has 1 N–H and O–H groups in total. The van der Waals surface area contributed by atoms with E-state index in [0.717, 1.165) is 5.56 Å². The van der Waals surface area contributed by atoms with Crippen LogP contribution in [0.15, 0.2) is 24.3 Å². The molecule has 102 valence electrons. The molecule has 4 nitrogen and oxygen atoms in total. The lowest BCUT2D eigenvalue weighted by Gasteiger charge is -2.25. The summed E-state index contributed by atoms with van der Waals surface area (Å²) in [6.07, 6.45) is 0. The van der Waals surface area contributed by atoms with Gasteiger partial charge in [-0.1, -0.05) is 24.6 Å². The Hall–Kier alpha value is -1.07. The Labute approximate surface area is 109 Å². The number of rotatable bonds is 5. The molecule has 0 aliphatic heterocycles. The van der Waals surface area contributed by atoms with Crippen LogP contribution >= 0.6 is 0 Å². The predicted octanol–water partition coefficient (Wildman–Crippen LogP) is 2.11. The van der Waals surface area contributed by atoms with E-state index in [4.69, 9.17) is 4.18 Å². The second-order valence-corrected chi connectivity index (χ2v) is 6.79. The van der Waals surface area contributed by atoms with Crippen molar-refractivity contribution in [3.8, 4) is 5.75 Å². The molecule has 0 amide bonds. The Morgan fingerprint density at radius 1 is 1.28 bits per heavy atom. The molecule has 0 fully saturated rings. The Bertz CT molecular complexity index is 483. The molecule has 0 saturated carbocycles. The zero-order valence-electron chi connectivity index (χ0n) is 11.2. The van der Waals surface area contributed by atoms with Crippen molar-refractivity contribution in [1.82, 2.24) is 0 Å². The maximum Gasteiger partial charge on any atom is 0.309 e. The lowest BCUT2D eigenvalue weighted by Crippen LogP contribution is -2.35. The summed E-state index contributed by atoms with van der Waals surface area (Å²) >= 11 is 0. The van der Waals surface area contributed by atoms with E-state index < -0.39 is 21.6 Å². The summed E-state index contributed by atoms with van der Waals surface area (Å²) in [7, 11) is -3.69. The van der Waals surface area contributed by atoms with Crippen LogP contribution < -0.4 is 4.18 Å². The fourth-order valence-corrected chi connectivity index (χ4v) is 2.78. The normalized spacial score (nSPS) is 14.3. The standard InChI is InChI=1S/C13H20O4S/c1-10-5-7-12(8-6-10)17-18(15,16)9-11(2)13(3,4)14/h5-8,11,14H,9H2,1-4H3/t11-/m0/s1. The molecule has 0 aliphatic rings. The first-order valence-corrected chi connectivity index (χ1v) is 7.39. The second-order valence-electron chi connectivity index (χ2n) is 5.18. The molecule has 0 spiro atoms. The monoisotopic (exact) mass is 272 g/mol. The van der Waals surface area contributed by atoms with Gasteiger partial charge in [-0.05, 0) is 32.9 Å². The van der Waals surface area contributed by atoms with Crippen LogP contribution in [0.1, 0.15) is 26.3 Å². The number of hydrogen-bond donors (Lipinski definition) is 1. The smallest absolute Gasteiger partial charge is 0.309 e. The Kier molecular flexibility index (Phi) is 4.40. The number of aliphatic hydroxyl groups is 1. The van der Waals surface area contributed by atoms with Gasteiger partial charge in [0.1, 0.15) is 5.75 Å². The van der Waals surface area contributed by atoms with Crippen LogP contribution in [0.25, 0.3) is 0 Å². The topological polar surface area (TPSA) is 63.6 Å². The van der Waals surface area contributed by atoms with E-state index in [1.165, 1.54) is 0 Å². The van der Waals surface area contributed by atoms with Crippen molar-refractivity contribution in [2.75, 3.05) is 5.75 Å². The van der Waals surface area contributed by atoms with Crippen molar-refractivity contribution in [1.29, 1.82) is 0 Å². The van der Waals surface area contributed by atoms with Gasteiger partial charge in [-0.25, -0.2) is 0 Å². The van der Waals surface area contributed by atoms with E-state index in [1.807, 2.05) is 6.92 Å². The molecule has 0 aromatic heterocycles. The fourth-order valence-electron chi connectivity index (χ4n) is 1.28. The highest BCUT2D eigenvalue weighted by Gasteiger charge is 2.28. The van der Waals surface area contributed by atoms with Crippen molar-refractivity contribution in [3.05, 3.63) is 29.8 Å². The maximum absolute atomic E-state index is 11.8. The lowest BCUT2D eigenvalue weighted by molar-refractivity contribution is 0.0334. The minimum atomic E-state index is -3.69. The zero-order chi connectivity index (χ0) is 14.0. The van der Waals surface area contributed by atoms with Crippen molar-refractivity contribution in [2.24, 2.45) is 5.92 Å². The van der Waals surface area contributed by atoms with Crippen molar-refractivity contribution in [3.63, 3.8) is 0 Å². The summed E-state index contributed by atoms with van der Waals surface area (Å²) in [5.41, 5.74) is -0.0198. The first-order valence-electron chi connectivity index (χ1n) is 5.81. The SMILES string of the molecule is Cc1ccc(OS(=O)(=O)C[C@H](C)C(C)(C)O)cc1. The van der Waals surface area contributed by atoms with Crippen molar-refractivity contribution < 1.29 is 17.7 Å².